The normalized spacial score (nSPS) is 10.1. The van der Waals surface area contributed by atoms with Gasteiger partial charge in [-0.05, 0) is 36.2 Å². The third kappa shape index (κ3) is 3.56. The number of methoxy groups -OCH3 is 3. The maximum Gasteiger partial charge on any atom is 0.259 e. The molecule has 0 fully saturated rings. The van der Waals surface area contributed by atoms with Crippen molar-refractivity contribution < 1.29 is 19.0 Å². The fourth-order valence-electron chi connectivity index (χ4n) is 2.35. The van der Waals surface area contributed by atoms with Crippen LogP contribution >= 0.6 is 0 Å². The molecule has 0 aliphatic heterocycles. The highest BCUT2D eigenvalue weighted by Gasteiger charge is 2.20. The number of amides is 1. The molecule has 0 aliphatic rings. The molecule has 1 amide bonds. The highest BCUT2D eigenvalue weighted by molar-refractivity contribution is 6.07. The molecule has 0 spiro atoms. The molecule has 0 heterocycles. The van der Waals surface area contributed by atoms with E-state index in [9.17, 15) is 4.79 Å². The Morgan fingerprint density at radius 1 is 1.00 bits per heavy atom. The van der Waals surface area contributed by atoms with E-state index in [4.69, 9.17) is 14.2 Å². The minimum Gasteiger partial charge on any atom is -0.493 e. The van der Waals surface area contributed by atoms with E-state index in [1.54, 1.807) is 12.1 Å². The third-order valence-electron chi connectivity index (χ3n) is 3.54. The van der Waals surface area contributed by atoms with Crippen molar-refractivity contribution >= 4 is 11.6 Å². The van der Waals surface area contributed by atoms with Crippen molar-refractivity contribution in [3.05, 3.63) is 47.5 Å². The number of benzene rings is 2. The molecular formula is C18H21NO4. The van der Waals surface area contributed by atoms with Crippen LogP contribution in [0.2, 0.25) is 0 Å². The van der Waals surface area contributed by atoms with Crippen LogP contribution in [0.4, 0.5) is 5.69 Å². The van der Waals surface area contributed by atoms with Crippen LogP contribution in [0.15, 0.2) is 36.4 Å². The summed E-state index contributed by atoms with van der Waals surface area (Å²) in [5.41, 5.74) is 2.28. The summed E-state index contributed by atoms with van der Waals surface area (Å²) in [4.78, 5) is 12.6. The van der Waals surface area contributed by atoms with Gasteiger partial charge in [-0.3, -0.25) is 4.79 Å². The Labute approximate surface area is 136 Å². The molecule has 5 heteroatoms. The van der Waals surface area contributed by atoms with E-state index in [2.05, 4.69) is 12.2 Å². The van der Waals surface area contributed by atoms with Gasteiger partial charge >= 0.3 is 0 Å². The second-order valence-corrected chi connectivity index (χ2v) is 4.89. The molecule has 0 aliphatic carbocycles. The molecule has 2 rings (SSSR count). The molecule has 0 saturated carbocycles. The van der Waals surface area contributed by atoms with Gasteiger partial charge in [0.05, 0.1) is 26.9 Å². The van der Waals surface area contributed by atoms with E-state index < -0.39 is 0 Å². The van der Waals surface area contributed by atoms with Crippen molar-refractivity contribution in [1.82, 2.24) is 0 Å². The summed E-state index contributed by atoms with van der Waals surface area (Å²) in [6, 6.07) is 11.1. The van der Waals surface area contributed by atoms with Gasteiger partial charge in [0.2, 0.25) is 5.75 Å². The van der Waals surface area contributed by atoms with E-state index in [0.717, 1.165) is 17.7 Å². The van der Waals surface area contributed by atoms with Gasteiger partial charge in [0, 0.05) is 5.69 Å². The monoisotopic (exact) mass is 315 g/mol. The summed E-state index contributed by atoms with van der Waals surface area (Å²) in [6.07, 6.45) is 0.906. The average Bonchev–Trinajstić information content (AvgIpc) is 2.60. The smallest absolute Gasteiger partial charge is 0.259 e. The van der Waals surface area contributed by atoms with Gasteiger partial charge in [0.1, 0.15) is 0 Å². The fraction of sp³-hybridized carbons (Fsp3) is 0.278. The Kier molecular flexibility index (Phi) is 5.46. The highest BCUT2D eigenvalue weighted by Crippen LogP contribution is 2.39. The van der Waals surface area contributed by atoms with E-state index in [-0.39, 0.29) is 5.91 Å². The minimum absolute atomic E-state index is 0.268. The third-order valence-corrected chi connectivity index (χ3v) is 3.54. The fourth-order valence-corrected chi connectivity index (χ4v) is 2.35. The average molecular weight is 315 g/mol. The van der Waals surface area contributed by atoms with Crippen LogP contribution in [0.1, 0.15) is 22.8 Å². The zero-order chi connectivity index (χ0) is 16.8. The lowest BCUT2D eigenvalue weighted by atomic mass is 10.1. The SMILES string of the molecule is CCc1cccc(NC(=O)c2ccc(OC)c(OC)c2OC)c1. The Balaban J connectivity index is 2.35. The minimum atomic E-state index is -0.268. The Hall–Kier alpha value is -2.69. The van der Waals surface area contributed by atoms with Gasteiger partial charge in [0.15, 0.2) is 11.5 Å². The van der Waals surface area contributed by atoms with Crippen LogP contribution in [0.25, 0.3) is 0 Å². The van der Waals surface area contributed by atoms with E-state index in [0.29, 0.717) is 22.8 Å². The Morgan fingerprint density at radius 2 is 1.74 bits per heavy atom. The van der Waals surface area contributed by atoms with Crippen molar-refractivity contribution in [1.29, 1.82) is 0 Å². The summed E-state index contributed by atoms with van der Waals surface area (Å²) in [5.74, 6) is 0.978. The van der Waals surface area contributed by atoms with Crippen LogP contribution in [0.3, 0.4) is 0 Å². The lowest BCUT2D eigenvalue weighted by molar-refractivity contribution is 0.102. The molecule has 0 aromatic heterocycles. The first-order valence-electron chi connectivity index (χ1n) is 7.33. The first-order chi connectivity index (χ1) is 11.1. The van der Waals surface area contributed by atoms with Crippen LogP contribution in [-0.2, 0) is 6.42 Å². The van der Waals surface area contributed by atoms with Gasteiger partial charge in [-0.2, -0.15) is 0 Å². The van der Waals surface area contributed by atoms with Crippen molar-refractivity contribution in [2.75, 3.05) is 26.6 Å². The predicted molar refractivity (Wildman–Crippen MR) is 89.9 cm³/mol. The van der Waals surface area contributed by atoms with E-state index in [1.165, 1.54) is 21.3 Å². The summed E-state index contributed by atoms with van der Waals surface area (Å²) in [7, 11) is 4.53. The van der Waals surface area contributed by atoms with Crippen molar-refractivity contribution in [2.45, 2.75) is 13.3 Å². The molecule has 1 N–H and O–H groups in total. The topological polar surface area (TPSA) is 56.8 Å². The van der Waals surface area contributed by atoms with Gasteiger partial charge in [0.25, 0.3) is 5.91 Å². The van der Waals surface area contributed by atoms with Crippen molar-refractivity contribution in [2.24, 2.45) is 0 Å². The van der Waals surface area contributed by atoms with Crippen LogP contribution in [0, 0.1) is 0 Å². The number of carbonyl (C=O) groups excluding carboxylic acids is 1. The highest BCUT2D eigenvalue weighted by atomic mass is 16.5. The molecule has 122 valence electrons. The van der Waals surface area contributed by atoms with Gasteiger partial charge in [-0.25, -0.2) is 0 Å². The van der Waals surface area contributed by atoms with Crippen molar-refractivity contribution in [3.8, 4) is 17.2 Å². The molecule has 2 aromatic rings. The molecular weight excluding hydrogens is 294 g/mol. The number of ether oxygens (including phenoxy) is 3. The number of carbonyl (C=O) groups is 1. The first kappa shape index (κ1) is 16.7. The lowest BCUT2D eigenvalue weighted by Crippen LogP contribution is -2.14. The van der Waals surface area contributed by atoms with Gasteiger partial charge < -0.3 is 19.5 Å². The number of rotatable bonds is 6. The summed E-state index contributed by atoms with van der Waals surface area (Å²) in [5, 5.41) is 2.88. The number of nitrogens with one attached hydrogen (secondary N) is 1. The number of hydrogen-bond acceptors (Lipinski definition) is 4. The Morgan fingerprint density at radius 3 is 2.35 bits per heavy atom. The molecule has 5 nitrogen and oxygen atoms in total. The van der Waals surface area contributed by atoms with Crippen LogP contribution in [0.5, 0.6) is 17.2 Å². The second-order valence-electron chi connectivity index (χ2n) is 4.89. The zero-order valence-electron chi connectivity index (χ0n) is 13.8. The molecule has 0 bridgehead atoms. The quantitative estimate of drug-likeness (QED) is 0.886. The van der Waals surface area contributed by atoms with Crippen molar-refractivity contribution in [3.63, 3.8) is 0 Å². The zero-order valence-corrected chi connectivity index (χ0v) is 13.8. The molecule has 0 unspecified atom stereocenters. The number of hydrogen-bond donors (Lipinski definition) is 1. The summed E-state index contributed by atoms with van der Waals surface area (Å²) >= 11 is 0. The summed E-state index contributed by atoms with van der Waals surface area (Å²) in [6.45, 7) is 2.07. The standard InChI is InChI=1S/C18H21NO4/c1-5-12-7-6-8-13(11-12)19-18(20)14-9-10-15(21-2)17(23-4)16(14)22-3/h6-11H,5H2,1-4H3,(H,19,20). The summed E-state index contributed by atoms with van der Waals surface area (Å²) < 4.78 is 15.9. The molecule has 0 saturated heterocycles. The predicted octanol–water partition coefficient (Wildman–Crippen LogP) is 3.53. The Bertz CT molecular complexity index is 697. The maximum absolute atomic E-state index is 12.6. The molecule has 2 aromatic carbocycles. The molecule has 0 radical (unpaired) electrons. The lowest BCUT2D eigenvalue weighted by Gasteiger charge is -2.15. The van der Waals surface area contributed by atoms with E-state index in [1.807, 2.05) is 24.3 Å². The number of aryl methyl sites for hydroxylation is 1. The molecule has 0 atom stereocenters. The maximum atomic E-state index is 12.6. The molecule has 23 heavy (non-hydrogen) atoms. The largest absolute Gasteiger partial charge is 0.493 e. The van der Waals surface area contributed by atoms with Crippen LogP contribution in [-0.4, -0.2) is 27.2 Å². The second kappa shape index (κ2) is 7.54. The van der Waals surface area contributed by atoms with E-state index >= 15 is 0 Å². The first-order valence-corrected chi connectivity index (χ1v) is 7.33. The van der Waals surface area contributed by atoms with Gasteiger partial charge in [-0.15, -0.1) is 0 Å². The van der Waals surface area contributed by atoms with Gasteiger partial charge in [-0.1, -0.05) is 19.1 Å². The van der Waals surface area contributed by atoms with Crippen LogP contribution < -0.4 is 19.5 Å². The number of anilines is 1.